The fourth-order valence-corrected chi connectivity index (χ4v) is 5.46. The Kier molecular flexibility index (Phi) is 10.9. The number of anilines is 1. The Morgan fingerprint density at radius 2 is 1.61 bits per heavy atom. The van der Waals surface area contributed by atoms with Crippen LogP contribution in [0, 0.1) is 11.8 Å². The highest BCUT2D eigenvalue weighted by Crippen LogP contribution is 2.32. The molecule has 1 aliphatic rings. The summed E-state index contributed by atoms with van der Waals surface area (Å²) in [7, 11) is 1.70. The number of halogens is 1. The number of rotatable bonds is 12. The molecule has 1 heterocycles. The van der Waals surface area contributed by atoms with Gasteiger partial charge in [-0.1, -0.05) is 60.1 Å². The molecular weight excluding hydrogens is 536 g/mol. The quantitative estimate of drug-likeness (QED) is 0.208. The SMILES string of the molecule is COCCCOc1ccccc1CN(C[C@H]1CN(C(=O)OC(C)(C)C)CC1Cc1ccccc1)c1ccc(Cl)cc1. The van der Waals surface area contributed by atoms with Crippen molar-refractivity contribution in [3.63, 3.8) is 0 Å². The second-order valence-corrected chi connectivity index (χ2v) is 12.2. The average Bonchev–Trinajstić information content (AvgIpc) is 3.34. The van der Waals surface area contributed by atoms with E-state index in [9.17, 15) is 4.79 Å². The Labute approximate surface area is 250 Å². The first-order valence-corrected chi connectivity index (χ1v) is 14.8. The second kappa shape index (κ2) is 14.6. The van der Waals surface area contributed by atoms with Gasteiger partial charge < -0.3 is 24.0 Å². The minimum absolute atomic E-state index is 0.244. The van der Waals surface area contributed by atoms with Crippen LogP contribution >= 0.6 is 11.6 Å². The molecule has 0 spiro atoms. The van der Waals surface area contributed by atoms with Crippen molar-refractivity contribution in [2.75, 3.05) is 44.9 Å². The van der Waals surface area contributed by atoms with Gasteiger partial charge in [0, 0.05) is 62.6 Å². The van der Waals surface area contributed by atoms with Gasteiger partial charge in [-0.15, -0.1) is 0 Å². The van der Waals surface area contributed by atoms with Crippen LogP contribution in [0.4, 0.5) is 10.5 Å². The van der Waals surface area contributed by atoms with E-state index in [1.165, 1.54) is 5.56 Å². The minimum Gasteiger partial charge on any atom is -0.493 e. The number of amides is 1. The van der Waals surface area contributed by atoms with Crippen molar-refractivity contribution in [3.8, 4) is 5.75 Å². The molecule has 41 heavy (non-hydrogen) atoms. The van der Waals surface area contributed by atoms with Gasteiger partial charge in [-0.05, 0) is 74.9 Å². The third-order valence-electron chi connectivity index (χ3n) is 7.30. The van der Waals surface area contributed by atoms with E-state index in [0.717, 1.165) is 36.4 Å². The molecule has 1 fully saturated rings. The number of carbonyl (C=O) groups is 1. The summed E-state index contributed by atoms with van der Waals surface area (Å²) in [6.45, 7) is 9.76. The van der Waals surface area contributed by atoms with Crippen LogP contribution in [0.15, 0.2) is 78.9 Å². The smallest absolute Gasteiger partial charge is 0.410 e. The van der Waals surface area contributed by atoms with Crippen molar-refractivity contribution in [2.24, 2.45) is 11.8 Å². The molecule has 0 radical (unpaired) electrons. The molecule has 0 N–H and O–H groups in total. The normalized spacial score (nSPS) is 17.0. The van der Waals surface area contributed by atoms with Gasteiger partial charge in [0.05, 0.1) is 6.61 Å². The van der Waals surface area contributed by atoms with Crippen LogP contribution in [0.25, 0.3) is 0 Å². The molecule has 1 aliphatic heterocycles. The molecule has 1 unspecified atom stereocenters. The first-order valence-electron chi connectivity index (χ1n) is 14.4. The zero-order valence-corrected chi connectivity index (χ0v) is 25.5. The summed E-state index contributed by atoms with van der Waals surface area (Å²) in [5, 5.41) is 0.703. The maximum atomic E-state index is 13.1. The van der Waals surface area contributed by atoms with Crippen molar-refractivity contribution in [1.29, 1.82) is 0 Å². The molecule has 220 valence electrons. The van der Waals surface area contributed by atoms with Gasteiger partial charge in [0.2, 0.25) is 0 Å². The highest BCUT2D eigenvalue weighted by Gasteiger charge is 2.38. The first-order chi connectivity index (χ1) is 19.7. The predicted octanol–water partition coefficient (Wildman–Crippen LogP) is 7.49. The Morgan fingerprint density at radius 3 is 2.32 bits per heavy atom. The van der Waals surface area contributed by atoms with E-state index in [4.69, 9.17) is 25.8 Å². The molecule has 0 bridgehead atoms. The van der Waals surface area contributed by atoms with E-state index < -0.39 is 5.60 Å². The zero-order chi connectivity index (χ0) is 29.2. The van der Waals surface area contributed by atoms with Gasteiger partial charge in [-0.3, -0.25) is 0 Å². The summed E-state index contributed by atoms with van der Waals surface area (Å²) in [5.41, 5.74) is 2.94. The molecule has 0 saturated carbocycles. The lowest BCUT2D eigenvalue weighted by molar-refractivity contribution is 0.0284. The summed E-state index contributed by atoms with van der Waals surface area (Å²) >= 11 is 6.27. The fraction of sp³-hybridized carbons (Fsp3) is 0.441. The monoisotopic (exact) mass is 578 g/mol. The van der Waals surface area contributed by atoms with E-state index in [0.29, 0.717) is 43.8 Å². The summed E-state index contributed by atoms with van der Waals surface area (Å²) in [4.78, 5) is 17.4. The molecule has 0 aliphatic carbocycles. The predicted molar refractivity (Wildman–Crippen MR) is 166 cm³/mol. The number of ether oxygens (including phenoxy) is 3. The number of hydrogen-bond acceptors (Lipinski definition) is 5. The van der Waals surface area contributed by atoms with Crippen molar-refractivity contribution >= 4 is 23.4 Å². The number of benzene rings is 3. The van der Waals surface area contributed by atoms with Crippen LogP contribution < -0.4 is 9.64 Å². The Morgan fingerprint density at radius 1 is 0.927 bits per heavy atom. The van der Waals surface area contributed by atoms with Gasteiger partial charge in [-0.25, -0.2) is 4.79 Å². The maximum absolute atomic E-state index is 13.1. The van der Waals surface area contributed by atoms with Gasteiger partial charge in [0.25, 0.3) is 0 Å². The van der Waals surface area contributed by atoms with E-state index in [1.54, 1.807) is 7.11 Å². The molecule has 1 amide bonds. The topological polar surface area (TPSA) is 51.2 Å². The molecule has 3 aromatic carbocycles. The molecule has 2 atom stereocenters. The van der Waals surface area contributed by atoms with E-state index in [-0.39, 0.29) is 12.0 Å². The average molecular weight is 579 g/mol. The van der Waals surface area contributed by atoms with E-state index >= 15 is 0 Å². The van der Waals surface area contributed by atoms with Crippen LogP contribution in [0.2, 0.25) is 5.02 Å². The lowest BCUT2D eigenvalue weighted by Gasteiger charge is -2.31. The van der Waals surface area contributed by atoms with E-state index in [1.807, 2.05) is 56.0 Å². The highest BCUT2D eigenvalue weighted by molar-refractivity contribution is 6.30. The minimum atomic E-state index is -0.535. The standard InChI is InChI=1S/C34H43ClN2O4/c1-34(2,3)41-33(38)37-23-28(21-26-11-6-5-7-12-26)29(25-37)24-36(31-17-15-30(35)16-18-31)22-27-13-8-9-14-32(27)40-20-10-19-39-4/h5-9,11-18,28-29H,10,19-25H2,1-4H3/t28?,29-/m0/s1. The number of carbonyl (C=O) groups excluding carboxylic acids is 1. The van der Waals surface area contributed by atoms with Crippen LogP contribution in [0.5, 0.6) is 5.75 Å². The highest BCUT2D eigenvalue weighted by atomic mass is 35.5. The largest absolute Gasteiger partial charge is 0.493 e. The van der Waals surface area contributed by atoms with Crippen LogP contribution in [0.1, 0.15) is 38.3 Å². The fourth-order valence-electron chi connectivity index (χ4n) is 5.33. The Hall–Kier alpha value is -3.22. The summed E-state index contributed by atoms with van der Waals surface area (Å²) < 4.78 is 17.1. The zero-order valence-electron chi connectivity index (χ0n) is 24.7. The molecule has 6 nitrogen and oxygen atoms in total. The van der Waals surface area contributed by atoms with Crippen LogP contribution in [0.3, 0.4) is 0 Å². The second-order valence-electron chi connectivity index (χ2n) is 11.8. The van der Waals surface area contributed by atoms with Crippen LogP contribution in [-0.2, 0) is 22.4 Å². The van der Waals surface area contributed by atoms with Gasteiger partial charge in [-0.2, -0.15) is 0 Å². The third-order valence-corrected chi connectivity index (χ3v) is 7.55. The molecule has 1 saturated heterocycles. The third kappa shape index (κ3) is 9.40. The number of para-hydroxylation sites is 1. The van der Waals surface area contributed by atoms with Crippen molar-refractivity contribution in [1.82, 2.24) is 4.90 Å². The van der Waals surface area contributed by atoms with Crippen molar-refractivity contribution < 1.29 is 19.0 Å². The molecule has 7 heteroatoms. The summed E-state index contributed by atoms with van der Waals surface area (Å²) in [5.74, 6) is 1.42. The number of nitrogens with zero attached hydrogens (tertiary/aromatic N) is 2. The van der Waals surface area contributed by atoms with Crippen molar-refractivity contribution in [2.45, 2.75) is 45.8 Å². The van der Waals surface area contributed by atoms with Crippen LogP contribution in [-0.4, -0.2) is 56.6 Å². The first kappa shape index (κ1) is 30.7. The Balaban J connectivity index is 1.59. The molecule has 3 aromatic rings. The molecule has 4 rings (SSSR count). The lowest BCUT2D eigenvalue weighted by Crippen LogP contribution is -2.36. The van der Waals surface area contributed by atoms with E-state index in [2.05, 4.69) is 53.4 Å². The Bertz CT molecular complexity index is 1230. The number of likely N-dealkylation sites (tertiary alicyclic amines) is 1. The van der Waals surface area contributed by atoms with Gasteiger partial charge in [0.15, 0.2) is 0 Å². The summed E-state index contributed by atoms with van der Waals surface area (Å²) in [6.07, 6.45) is 1.49. The van der Waals surface area contributed by atoms with Crippen molar-refractivity contribution in [3.05, 3.63) is 95.0 Å². The molecule has 0 aromatic heterocycles. The summed E-state index contributed by atoms with van der Waals surface area (Å²) in [6, 6.07) is 26.7. The molecular formula is C34H43ClN2O4. The number of methoxy groups -OCH3 is 1. The lowest BCUT2D eigenvalue weighted by atomic mass is 9.89. The van der Waals surface area contributed by atoms with Gasteiger partial charge >= 0.3 is 6.09 Å². The number of hydrogen-bond donors (Lipinski definition) is 0. The van der Waals surface area contributed by atoms with Gasteiger partial charge in [0.1, 0.15) is 11.4 Å². The maximum Gasteiger partial charge on any atom is 0.410 e.